The van der Waals surface area contributed by atoms with E-state index in [9.17, 15) is 17.6 Å². The van der Waals surface area contributed by atoms with Gasteiger partial charge in [-0.3, -0.25) is 0 Å². The minimum atomic E-state index is -3.83. The van der Waals surface area contributed by atoms with Crippen molar-refractivity contribution in [1.82, 2.24) is 4.72 Å². The minimum absolute atomic E-state index is 0.0161. The van der Waals surface area contributed by atoms with E-state index in [-0.39, 0.29) is 17.0 Å². The molecule has 0 bridgehead atoms. The van der Waals surface area contributed by atoms with Crippen molar-refractivity contribution in [3.8, 4) is 0 Å². The zero-order valence-electron chi connectivity index (χ0n) is 11.8. The second-order valence-corrected chi connectivity index (χ2v) is 7.26. The Labute approximate surface area is 128 Å². The normalized spacial score (nSPS) is 11.6. The molecule has 0 aliphatic rings. The third-order valence-electron chi connectivity index (χ3n) is 2.84. The Morgan fingerprint density at radius 2 is 2.05 bits per heavy atom. The van der Waals surface area contributed by atoms with Gasteiger partial charge in [0.2, 0.25) is 10.0 Å². The van der Waals surface area contributed by atoms with Crippen LogP contribution in [0.25, 0.3) is 0 Å². The quantitative estimate of drug-likeness (QED) is 0.712. The lowest BCUT2D eigenvalue weighted by Gasteiger charge is -2.09. The lowest BCUT2D eigenvalue weighted by molar-refractivity contribution is 0.0691. The summed E-state index contributed by atoms with van der Waals surface area (Å²) in [7, 11) is -3.83. The predicted molar refractivity (Wildman–Crippen MR) is 80.9 cm³/mol. The van der Waals surface area contributed by atoms with Crippen LogP contribution in [0.5, 0.6) is 0 Å². The third kappa shape index (κ3) is 4.98. The monoisotopic (exact) mass is 335 g/mol. The van der Waals surface area contributed by atoms with Crippen LogP contribution in [0.2, 0.25) is 0 Å². The Morgan fingerprint density at radius 3 is 2.62 bits per heavy atom. The number of halogens is 1. The standard InChI is InChI=1S/C13H18FNO4S2/c1-9-7-10(8-11(12(9)14)13(16)17)21(18,19)15-5-3-4-6-20-2/h7-8,15H,3-6H2,1-2H3,(H,16,17). The van der Waals surface area contributed by atoms with Crippen LogP contribution in [-0.4, -0.2) is 38.0 Å². The summed E-state index contributed by atoms with van der Waals surface area (Å²) in [5.74, 6) is -1.46. The van der Waals surface area contributed by atoms with Crippen LogP contribution in [0.3, 0.4) is 0 Å². The minimum Gasteiger partial charge on any atom is -0.478 e. The molecule has 8 heteroatoms. The highest BCUT2D eigenvalue weighted by Gasteiger charge is 2.20. The topological polar surface area (TPSA) is 83.5 Å². The number of thioether (sulfide) groups is 1. The summed E-state index contributed by atoms with van der Waals surface area (Å²) in [6.45, 7) is 1.60. The molecule has 1 aromatic carbocycles. The van der Waals surface area contributed by atoms with Crippen LogP contribution in [0, 0.1) is 12.7 Å². The number of unbranched alkanes of at least 4 members (excludes halogenated alkanes) is 1. The molecule has 0 radical (unpaired) electrons. The molecule has 118 valence electrons. The Hall–Kier alpha value is -1.12. The van der Waals surface area contributed by atoms with Gasteiger partial charge in [-0.25, -0.2) is 22.3 Å². The molecule has 0 fully saturated rings. The maximum Gasteiger partial charge on any atom is 0.338 e. The number of carboxylic acids is 1. The zero-order chi connectivity index (χ0) is 16.0. The molecule has 0 spiro atoms. The fourth-order valence-corrected chi connectivity index (χ4v) is 3.39. The smallest absolute Gasteiger partial charge is 0.338 e. The van der Waals surface area contributed by atoms with E-state index in [2.05, 4.69) is 4.72 Å². The molecule has 21 heavy (non-hydrogen) atoms. The van der Waals surface area contributed by atoms with Gasteiger partial charge in [-0.1, -0.05) is 0 Å². The van der Waals surface area contributed by atoms with Crippen molar-refractivity contribution in [2.24, 2.45) is 0 Å². The third-order valence-corrected chi connectivity index (χ3v) is 4.97. The number of nitrogens with one attached hydrogen (secondary N) is 1. The average Bonchev–Trinajstić information content (AvgIpc) is 2.40. The van der Waals surface area contributed by atoms with Crippen molar-refractivity contribution < 1.29 is 22.7 Å². The zero-order valence-corrected chi connectivity index (χ0v) is 13.5. The van der Waals surface area contributed by atoms with E-state index in [1.165, 1.54) is 6.92 Å². The first-order valence-electron chi connectivity index (χ1n) is 6.31. The maximum atomic E-state index is 13.6. The first kappa shape index (κ1) is 17.9. The Morgan fingerprint density at radius 1 is 1.38 bits per heavy atom. The number of carboxylic acid groups (broad SMARTS) is 1. The van der Waals surface area contributed by atoms with Crippen molar-refractivity contribution >= 4 is 27.8 Å². The van der Waals surface area contributed by atoms with Gasteiger partial charge >= 0.3 is 5.97 Å². The highest BCUT2D eigenvalue weighted by Crippen LogP contribution is 2.19. The SMILES string of the molecule is CSCCCCNS(=O)(=O)c1cc(C)c(F)c(C(=O)O)c1. The molecule has 2 N–H and O–H groups in total. The highest BCUT2D eigenvalue weighted by atomic mass is 32.2. The van der Waals surface area contributed by atoms with E-state index in [4.69, 9.17) is 5.11 Å². The molecule has 0 aromatic heterocycles. The molecule has 1 rings (SSSR count). The number of hydrogen-bond donors (Lipinski definition) is 2. The molecule has 0 saturated heterocycles. The molecule has 1 aromatic rings. The number of hydrogen-bond acceptors (Lipinski definition) is 4. The number of sulfonamides is 1. The number of rotatable bonds is 8. The summed E-state index contributed by atoms with van der Waals surface area (Å²) in [5.41, 5.74) is -0.657. The van der Waals surface area contributed by atoms with Crippen molar-refractivity contribution in [3.05, 3.63) is 29.1 Å². The molecular formula is C13H18FNO4S2. The van der Waals surface area contributed by atoms with E-state index < -0.39 is 27.4 Å². The summed E-state index contributed by atoms with van der Waals surface area (Å²) in [6.07, 6.45) is 3.54. The largest absolute Gasteiger partial charge is 0.478 e. The number of carbonyl (C=O) groups is 1. The van der Waals surface area contributed by atoms with Crippen LogP contribution in [0.4, 0.5) is 4.39 Å². The summed E-state index contributed by atoms with van der Waals surface area (Å²) < 4.78 is 40.2. The van der Waals surface area contributed by atoms with Crippen LogP contribution in [0.1, 0.15) is 28.8 Å². The summed E-state index contributed by atoms with van der Waals surface area (Å²) >= 11 is 1.68. The maximum absolute atomic E-state index is 13.6. The van der Waals surface area contributed by atoms with Gasteiger partial charge in [0.25, 0.3) is 0 Å². The van der Waals surface area contributed by atoms with E-state index in [1.807, 2.05) is 6.26 Å². The van der Waals surface area contributed by atoms with Crippen molar-refractivity contribution in [1.29, 1.82) is 0 Å². The van der Waals surface area contributed by atoms with E-state index in [0.29, 0.717) is 6.42 Å². The highest BCUT2D eigenvalue weighted by molar-refractivity contribution is 7.98. The molecule has 0 unspecified atom stereocenters. The van der Waals surface area contributed by atoms with Crippen LogP contribution in [-0.2, 0) is 10.0 Å². The first-order chi connectivity index (χ1) is 9.79. The van der Waals surface area contributed by atoms with Gasteiger partial charge in [0.05, 0.1) is 10.5 Å². The molecule has 0 saturated carbocycles. The number of aromatic carboxylic acids is 1. The lowest BCUT2D eigenvalue weighted by Crippen LogP contribution is -2.25. The van der Waals surface area contributed by atoms with Gasteiger partial charge in [-0.05, 0) is 49.5 Å². The average molecular weight is 335 g/mol. The molecule has 0 heterocycles. The molecule has 5 nitrogen and oxygen atoms in total. The van der Waals surface area contributed by atoms with Gasteiger partial charge in [0.15, 0.2) is 0 Å². The Kier molecular flexibility index (Phi) is 6.63. The fourth-order valence-electron chi connectivity index (χ4n) is 1.71. The molecule has 0 atom stereocenters. The van der Waals surface area contributed by atoms with E-state index >= 15 is 0 Å². The summed E-state index contributed by atoms with van der Waals surface area (Å²) in [5, 5.41) is 8.90. The molecular weight excluding hydrogens is 317 g/mol. The second-order valence-electron chi connectivity index (χ2n) is 4.50. The summed E-state index contributed by atoms with van der Waals surface area (Å²) in [4.78, 5) is 10.7. The Bertz CT molecular complexity index is 617. The molecule has 0 aliphatic carbocycles. The number of benzene rings is 1. The van der Waals surface area contributed by atoms with Gasteiger partial charge < -0.3 is 5.11 Å². The van der Waals surface area contributed by atoms with Crippen molar-refractivity contribution in [3.63, 3.8) is 0 Å². The van der Waals surface area contributed by atoms with E-state index in [1.54, 1.807) is 11.8 Å². The van der Waals surface area contributed by atoms with Gasteiger partial charge in [0.1, 0.15) is 5.82 Å². The fraction of sp³-hybridized carbons (Fsp3) is 0.462. The second kappa shape index (κ2) is 7.77. The van der Waals surface area contributed by atoms with Gasteiger partial charge in [-0.2, -0.15) is 11.8 Å². The Balaban J connectivity index is 2.91. The van der Waals surface area contributed by atoms with Crippen LogP contribution in [0.15, 0.2) is 17.0 Å². The lowest BCUT2D eigenvalue weighted by atomic mass is 10.1. The first-order valence-corrected chi connectivity index (χ1v) is 9.19. The summed E-state index contributed by atoms with van der Waals surface area (Å²) in [6, 6.07) is 1.97. The van der Waals surface area contributed by atoms with Crippen LogP contribution >= 0.6 is 11.8 Å². The molecule has 0 aliphatic heterocycles. The predicted octanol–water partition coefficient (Wildman–Crippen LogP) is 2.25. The van der Waals surface area contributed by atoms with Gasteiger partial charge in [0, 0.05) is 6.54 Å². The van der Waals surface area contributed by atoms with Crippen LogP contribution < -0.4 is 4.72 Å². The van der Waals surface area contributed by atoms with Crippen molar-refractivity contribution in [2.45, 2.75) is 24.7 Å². The number of aryl methyl sites for hydroxylation is 1. The molecule has 0 amide bonds. The van der Waals surface area contributed by atoms with E-state index in [0.717, 1.165) is 24.3 Å². The van der Waals surface area contributed by atoms with Gasteiger partial charge in [-0.15, -0.1) is 0 Å². The van der Waals surface area contributed by atoms with Crippen molar-refractivity contribution in [2.75, 3.05) is 18.6 Å².